The van der Waals surface area contributed by atoms with Crippen LogP contribution < -0.4 is 5.32 Å². The van der Waals surface area contributed by atoms with Gasteiger partial charge in [-0.15, -0.1) is 5.10 Å². The number of carbonyl (C=O) groups is 1. The summed E-state index contributed by atoms with van der Waals surface area (Å²) >= 11 is 0. The highest BCUT2D eigenvalue weighted by Crippen LogP contribution is 2.17. The molecule has 0 aliphatic heterocycles. The third kappa shape index (κ3) is 4.19. The monoisotopic (exact) mass is 338 g/mol. The summed E-state index contributed by atoms with van der Waals surface area (Å²) < 4.78 is 1.57. The largest absolute Gasteiger partial charge is 0.354 e. The van der Waals surface area contributed by atoms with Gasteiger partial charge < -0.3 is 10.2 Å². The van der Waals surface area contributed by atoms with Gasteiger partial charge in [-0.3, -0.25) is 4.79 Å². The van der Waals surface area contributed by atoms with E-state index in [0.717, 1.165) is 0 Å². The number of nitrogens with zero attached hydrogens (tertiary/aromatic N) is 5. The maximum atomic E-state index is 12.3. The van der Waals surface area contributed by atoms with Crippen molar-refractivity contribution in [3.63, 3.8) is 0 Å². The Labute approximate surface area is 146 Å². The maximum Gasteiger partial charge on any atom is 0.252 e. The molecule has 0 saturated carbocycles. The van der Waals surface area contributed by atoms with Crippen LogP contribution in [0, 0.1) is 6.92 Å². The van der Waals surface area contributed by atoms with Crippen LogP contribution in [0.4, 0.5) is 0 Å². The van der Waals surface area contributed by atoms with Gasteiger partial charge in [-0.25, -0.2) is 9.50 Å². The quantitative estimate of drug-likeness (QED) is 0.735. The fraction of sp³-hybridized carbons (Fsp3) is 0.333. The number of carbonyl (C=O) groups excluding carboxylic acids is 1. The molecule has 3 aromatic rings. The third-order valence-corrected chi connectivity index (χ3v) is 4.06. The van der Waals surface area contributed by atoms with Gasteiger partial charge in [-0.05, 0) is 32.6 Å². The predicted octanol–water partition coefficient (Wildman–Crippen LogP) is 1.39. The van der Waals surface area contributed by atoms with Gasteiger partial charge in [-0.1, -0.05) is 29.8 Å². The SMILES string of the molecule is Cc1ccc(C(CNC(=O)Cc2nc3ncccn3n2)N(C)C)cc1. The summed E-state index contributed by atoms with van der Waals surface area (Å²) in [5.74, 6) is 0.860. The second-order valence-corrected chi connectivity index (χ2v) is 6.26. The minimum atomic E-state index is -0.102. The number of fused-ring (bicyclic) bond motifs is 1. The van der Waals surface area contributed by atoms with E-state index in [2.05, 4.69) is 56.5 Å². The number of benzene rings is 1. The van der Waals surface area contributed by atoms with Crippen molar-refractivity contribution in [2.75, 3.05) is 20.6 Å². The van der Waals surface area contributed by atoms with E-state index in [9.17, 15) is 4.79 Å². The number of amides is 1. The molecule has 1 amide bonds. The minimum absolute atomic E-state index is 0.102. The fourth-order valence-electron chi connectivity index (χ4n) is 2.65. The Bertz CT molecular complexity index is 822. The summed E-state index contributed by atoms with van der Waals surface area (Å²) in [4.78, 5) is 22.7. The second kappa shape index (κ2) is 7.40. The normalized spacial score (nSPS) is 12.5. The van der Waals surface area contributed by atoms with Gasteiger partial charge in [0.1, 0.15) is 0 Å². The molecule has 130 valence electrons. The topological polar surface area (TPSA) is 75.4 Å². The van der Waals surface area contributed by atoms with Crippen molar-refractivity contribution in [1.82, 2.24) is 29.8 Å². The number of hydrogen-bond donors (Lipinski definition) is 1. The highest BCUT2D eigenvalue weighted by Gasteiger charge is 2.16. The molecule has 1 unspecified atom stereocenters. The molecular formula is C18H22N6O. The van der Waals surface area contributed by atoms with Crippen LogP contribution in [0.25, 0.3) is 5.78 Å². The van der Waals surface area contributed by atoms with Crippen LogP contribution in [0.15, 0.2) is 42.7 Å². The molecule has 2 heterocycles. The number of rotatable bonds is 6. The molecule has 0 radical (unpaired) electrons. The average molecular weight is 338 g/mol. The summed E-state index contributed by atoms with van der Waals surface area (Å²) in [5, 5.41) is 7.23. The molecule has 0 aliphatic rings. The van der Waals surface area contributed by atoms with E-state index in [1.165, 1.54) is 11.1 Å². The van der Waals surface area contributed by atoms with Gasteiger partial charge in [0.25, 0.3) is 5.78 Å². The summed E-state index contributed by atoms with van der Waals surface area (Å²) in [6.45, 7) is 2.59. The van der Waals surface area contributed by atoms with Gasteiger partial charge >= 0.3 is 0 Å². The lowest BCUT2D eigenvalue weighted by molar-refractivity contribution is -0.120. The first-order chi connectivity index (χ1) is 12.0. The van der Waals surface area contributed by atoms with Crippen molar-refractivity contribution in [1.29, 1.82) is 0 Å². The van der Waals surface area contributed by atoms with E-state index in [1.54, 1.807) is 23.0 Å². The Morgan fingerprint density at radius 3 is 2.72 bits per heavy atom. The molecule has 7 nitrogen and oxygen atoms in total. The zero-order valence-electron chi connectivity index (χ0n) is 14.7. The van der Waals surface area contributed by atoms with Crippen LogP contribution >= 0.6 is 0 Å². The second-order valence-electron chi connectivity index (χ2n) is 6.26. The molecule has 1 aromatic carbocycles. The summed E-state index contributed by atoms with van der Waals surface area (Å²) in [6.07, 6.45) is 3.55. The molecule has 0 bridgehead atoms. The number of nitrogens with one attached hydrogen (secondary N) is 1. The molecule has 25 heavy (non-hydrogen) atoms. The Balaban J connectivity index is 1.62. The molecule has 7 heteroatoms. The first kappa shape index (κ1) is 17.0. The zero-order chi connectivity index (χ0) is 17.8. The Hall–Kier alpha value is -2.80. The lowest BCUT2D eigenvalue weighted by Crippen LogP contribution is -2.35. The average Bonchev–Trinajstić information content (AvgIpc) is 2.98. The Kier molecular flexibility index (Phi) is 5.04. The summed E-state index contributed by atoms with van der Waals surface area (Å²) in [7, 11) is 4.01. The van der Waals surface area contributed by atoms with Gasteiger partial charge in [0.2, 0.25) is 5.91 Å². The van der Waals surface area contributed by atoms with Crippen LogP contribution in [-0.4, -0.2) is 51.0 Å². The molecular weight excluding hydrogens is 316 g/mol. The number of aryl methyl sites for hydroxylation is 1. The van der Waals surface area contributed by atoms with Crippen molar-refractivity contribution in [3.05, 3.63) is 59.7 Å². The molecule has 2 aromatic heterocycles. The minimum Gasteiger partial charge on any atom is -0.354 e. The maximum absolute atomic E-state index is 12.3. The number of aromatic nitrogens is 4. The Morgan fingerprint density at radius 1 is 1.28 bits per heavy atom. The first-order valence-electron chi connectivity index (χ1n) is 8.19. The van der Waals surface area contributed by atoms with E-state index < -0.39 is 0 Å². The zero-order valence-corrected chi connectivity index (χ0v) is 14.7. The molecule has 0 saturated heterocycles. The summed E-state index contributed by atoms with van der Waals surface area (Å²) in [5.41, 5.74) is 2.39. The lowest BCUT2D eigenvalue weighted by atomic mass is 10.0. The van der Waals surface area contributed by atoms with Crippen molar-refractivity contribution in [2.45, 2.75) is 19.4 Å². The highest BCUT2D eigenvalue weighted by atomic mass is 16.1. The summed E-state index contributed by atoms with van der Waals surface area (Å²) in [6, 6.07) is 10.3. The van der Waals surface area contributed by atoms with E-state index in [4.69, 9.17) is 0 Å². The number of likely N-dealkylation sites (N-methyl/N-ethyl adjacent to an activating group) is 1. The van der Waals surface area contributed by atoms with Crippen molar-refractivity contribution >= 4 is 11.7 Å². The van der Waals surface area contributed by atoms with Gasteiger partial charge in [0.15, 0.2) is 5.82 Å². The molecule has 0 spiro atoms. The van der Waals surface area contributed by atoms with Crippen LogP contribution in [0.1, 0.15) is 23.0 Å². The van der Waals surface area contributed by atoms with Gasteiger partial charge in [0.05, 0.1) is 12.5 Å². The van der Waals surface area contributed by atoms with E-state index in [1.807, 2.05) is 14.1 Å². The standard InChI is InChI=1S/C18H22N6O/c1-13-5-7-14(8-6-13)15(23(2)3)12-20-17(25)11-16-21-18-19-9-4-10-24(18)22-16/h4-10,15H,11-12H2,1-3H3,(H,20,25). The molecule has 0 aliphatic carbocycles. The van der Waals surface area contributed by atoms with Crippen molar-refractivity contribution in [2.24, 2.45) is 0 Å². The molecule has 1 N–H and O–H groups in total. The molecule has 0 fully saturated rings. The van der Waals surface area contributed by atoms with Crippen molar-refractivity contribution in [3.8, 4) is 0 Å². The van der Waals surface area contributed by atoms with Gasteiger partial charge in [-0.2, -0.15) is 4.98 Å². The van der Waals surface area contributed by atoms with Crippen LogP contribution in [-0.2, 0) is 11.2 Å². The third-order valence-electron chi connectivity index (χ3n) is 4.06. The van der Waals surface area contributed by atoms with E-state index in [-0.39, 0.29) is 18.4 Å². The number of hydrogen-bond acceptors (Lipinski definition) is 5. The van der Waals surface area contributed by atoms with Crippen LogP contribution in [0.3, 0.4) is 0 Å². The van der Waals surface area contributed by atoms with Gasteiger partial charge in [0, 0.05) is 18.9 Å². The van der Waals surface area contributed by atoms with E-state index in [0.29, 0.717) is 18.1 Å². The van der Waals surface area contributed by atoms with Crippen molar-refractivity contribution < 1.29 is 4.79 Å². The molecule has 3 rings (SSSR count). The smallest absolute Gasteiger partial charge is 0.252 e. The van der Waals surface area contributed by atoms with E-state index >= 15 is 0 Å². The van der Waals surface area contributed by atoms with Crippen LogP contribution in [0.2, 0.25) is 0 Å². The lowest BCUT2D eigenvalue weighted by Gasteiger charge is -2.25. The highest BCUT2D eigenvalue weighted by molar-refractivity contribution is 5.77. The fourth-order valence-corrected chi connectivity index (χ4v) is 2.65. The first-order valence-corrected chi connectivity index (χ1v) is 8.19. The molecule has 1 atom stereocenters. The Morgan fingerprint density at radius 2 is 2.04 bits per heavy atom. The predicted molar refractivity (Wildman–Crippen MR) is 95.1 cm³/mol. The van der Waals surface area contributed by atoms with Crippen LogP contribution in [0.5, 0.6) is 0 Å².